The highest BCUT2D eigenvalue weighted by atomic mass is 16.5. The molecule has 19 heavy (non-hydrogen) atoms. The molecule has 0 radical (unpaired) electrons. The first-order chi connectivity index (χ1) is 9.15. The predicted molar refractivity (Wildman–Crippen MR) is 76.0 cm³/mol. The molecular formula is C15H18N2O2. The fourth-order valence-corrected chi connectivity index (χ4v) is 1.88. The number of nitrogens with zero attached hydrogens (tertiary/aromatic N) is 2. The van der Waals surface area contributed by atoms with E-state index in [0.29, 0.717) is 0 Å². The van der Waals surface area contributed by atoms with Crippen LogP contribution in [0.1, 0.15) is 11.3 Å². The summed E-state index contributed by atoms with van der Waals surface area (Å²) < 4.78 is 5.22. The summed E-state index contributed by atoms with van der Waals surface area (Å²) in [7, 11) is 3.60. The number of rotatable bonds is 4. The lowest BCUT2D eigenvalue weighted by Crippen LogP contribution is -2.12. The molecule has 0 aliphatic heterocycles. The fourth-order valence-electron chi connectivity index (χ4n) is 1.88. The van der Waals surface area contributed by atoms with Gasteiger partial charge in [0.25, 0.3) is 0 Å². The summed E-state index contributed by atoms with van der Waals surface area (Å²) in [6.07, 6.45) is 0. The maximum absolute atomic E-state index is 9.16. The van der Waals surface area contributed by atoms with E-state index in [0.717, 1.165) is 28.5 Å². The molecule has 0 bridgehead atoms. The van der Waals surface area contributed by atoms with Crippen molar-refractivity contribution in [2.24, 2.45) is 0 Å². The molecule has 1 aromatic carbocycles. The van der Waals surface area contributed by atoms with Crippen molar-refractivity contribution >= 4 is 11.5 Å². The Morgan fingerprint density at radius 1 is 1.26 bits per heavy atom. The Morgan fingerprint density at radius 2 is 2.05 bits per heavy atom. The third kappa shape index (κ3) is 2.85. The van der Waals surface area contributed by atoms with Gasteiger partial charge in [0.05, 0.1) is 13.7 Å². The molecule has 0 spiro atoms. The van der Waals surface area contributed by atoms with E-state index in [1.165, 1.54) is 0 Å². The number of aromatic nitrogens is 1. The molecule has 2 rings (SSSR count). The Bertz CT molecular complexity index is 570. The van der Waals surface area contributed by atoms with Gasteiger partial charge in [0.2, 0.25) is 0 Å². The molecule has 1 N–H and O–H groups in total. The van der Waals surface area contributed by atoms with Gasteiger partial charge in [-0.2, -0.15) is 0 Å². The van der Waals surface area contributed by atoms with Gasteiger partial charge in [-0.3, -0.25) is 0 Å². The molecule has 1 aromatic heterocycles. The summed E-state index contributed by atoms with van der Waals surface area (Å²) in [5.74, 6) is 1.65. The lowest BCUT2D eigenvalue weighted by Gasteiger charge is -2.20. The molecule has 100 valence electrons. The minimum Gasteiger partial charge on any atom is -0.497 e. The van der Waals surface area contributed by atoms with Crippen LogP contribution in [0, 0.1) is 6.92 Å². The zero-order chi connectivity index (χ0) is 13.8. The van der Waals surface area contributed by atoms with E-state index in [1.54, 1.807) is 7.11 Å². The Labute approximate surface area is 113 Å². The summed E-state index contributed by atoms with van der Waals surface area (Å²) in [6.45, 7) is 1.91. The average Bonchev–Trinajstić information content (AvgIpc) is 2.46. The second-order valence-corrected chi connectivity index (χ2v) is 4.33. The van der Waals surface area contributed by atoms with Crippen molar-refractivity contribution in [3.05, 3.63) is 47.7 Å². The number of methoxy groups -OCH3 is 1. The molecule has 0 saturated heterocycles. The van der Waals surface area contributed by atoms with Crippen molar-refractivity contribution in [3.8, 4) is 5.75 Å². The standard InChI is InChI=1S/C15H18N2O2/c1-11-12(10-18)7-8-15(16-11)17(2)13-5-4-6-14(9-13)19-3/h4-9,18H,10H2,1-3H3. The van der Waals surface area contributed by atoms with Gasteiger partial charge in [-0.1, -0.05) is 12.1 Å². The molecule has 0 saturated carbocycles. The monoisotopic (exact) mass is 258 g/mol. The maximum atomic E-state index is 9.16. The molecule has 0 aliphatic carbocycles. The SMILES string of the molecule is COc1cccc(N(C)c2ccc(CO)c(C)n2)c1. The van der Waals surface area contributed by atoms with Crippen LogP contribution in [-0.2, 0) is 6.61 Å². The van der Waals surface area contributed by atoms with Gasteiger partial charge < -0.3 is 14.7 Å². The van der Waals surface area contributed by atoms with Gasteiger partial charge in [-0.25, -0.2) is 4.98 Å². The van der Waals surface area contributed by atoms with E-state index in [1.807, 2.05) is 55.3 Å². The molecule has 4 heteroatoms. The lowest BCUT2D eigenvalue weighted by molar-refractivity contribution is 0.280. The highest BCUT2D eigenvalue weighted by molar-refractivity contribution is 5.61. The normalized spacial score (nSPS) is 10.3. The van der Waals surface area contributed by atoms with Crippen LogP contribution in [0.15, 0.2) is 36.4 Å². The van der Waals surface area contributed by atoms with Crippen LogP contribution >= 0.6 is 0 Å². The van der Waals surface area contributed by atoms with Crippen LogP contribution in [0.25, 0.3) is 0 Å². The number of hydrogen-bond donors (Lipinski definition) is 1. The Balaban J connectivity index is 2.32. The smallest absolute Gasteiger partial charge is 0.132 e. The molecule has 0 amide bonds. The zero-order valence-corrected chi connectivity index (χ0v) is 11.4. The third-order valence-corrected chi connectivity index (χ3v) is 3.14. The molecule has 0 fully saturated rings. The van der Waals surface area contributed by atoms with Gasteiger partial charge in [0.1, 0.15) is 11.6 Å². The molecule has 1 heterocycles. The van der Waals surface area contributed by atoms with Crippen molar-refractivity contribution in [1.82, 2.24) is 4.98 Å². The highest BCUT2D eigenvalue weighted by Crippen LogP contribution is 2.26. The predicted octanol–water partition coefficient (Wildman–Crippen LogP) is 2.66. The fraction of sp³-hybridized carbons (Fsp3) is 0.267. The quantitative estimate of drug-likeness (QED) is 0.915. The van der Waals surface area contributed by atoms with E-state index in [-0.39, 0.29) is 6.61 Å². The van der Waals surface area contributed by atoms with E-state index in [2.05, 4.69) is 4.98 Å². The van der Waals surface area contributed by atoms with Crippen molar-refractivity contribution < 1.29 is 9.84 Å². The minimum absolute atomic E-state index is 0.0159. The molecule has 0 aliphatic rings. The summed E-state index contributed by atoms with van der Waals surface area (Å²) in [5, 5.41) is 9.16. The van der Waals surface area contributed by atoms with Crippen molar-refractivity contribution in [2.45, 2.75) is 13.5 Å². The van der Waals surface area contributed by atoms with Crippen LogP contribution in [0.4, 0.5) is 11.5 Å². The summed E-state index contributed by atoms with van der Waals surface area (Å²) in [4.78, 5) is 6.48. The van der Waals surface area contributed by atoms with Gasteiger partial charge in [-0.15, -0.1) is 0 Å². The van der Waals surface area contributed by atoms with Gasteiger partial charge in [-0.05, 0) is 30.7 Å². The van der Waals surface area contributed by atoms with Gasteiger partial charge in [0.15, 0.2) is 0 Å². The summed E-state index contributed by atoms with van der Waals surface area (Å²) >= 11 is 0. The third-order valence-electron chi connectivity index (χ3n) is 3.14. The summed E-state index contributed by atoms with van der Waals surface area (Å²) in [6, 6.07) is 11.6. The van der Waals surface area contributed by atoms with Crippen molar-refractivity contribution in [1.29, 1.82) is 0 Å². The van der Waals surface area contributed by atoms with Crippen LogP contribution in [0.3, 0.4) is 0 Å². The first-order valence-electron chi connectivity index (χ1n) is 6.11. The Morgan fingerprint density at radius 3 is 2.68 bits per heavy atom. The second kappa shape index (κ2) is 5.71. The van der Waals surface area contributed by atoms with E-state index in [4.69, 9.17) is 9.84 Å². The number of aliphatic hydroxyl groups excluding tert-OH is 1. The lowest BCUT2D eigenvalue weighted by atomic mass is 10.2. The Kier molecular flexibility index (Phi) is 4.02. The number of hydrogen-bond acceptors (Lipinski definition) is 4. The van der Waals surface area contributed by atoms with Gasteiger partial charge in [0, 0.05) is 24.5 Å². The molecule has 0 atom stereocenters. The van der Waals surface area contributed by atoms with Crippen molar-refractivity contribution in [2.75, 3.05) is 19.1 Å². The second-order valence-electron chi connectivity index (χ2n) is 4.33. The van der Waals surface area contributed by atoms with E-state index < -0.39 is 0 Å². The van der Waals surface area contributed by atoms with Crippen LogP contribution < -0.4 is 9.64 Å². The Hall–Kier alpha value is -2.07. The number of pyridine rings is 1. The maximum Gasteiger partial charge on any atom is 0.132 e. The van der Waals surface area contributed by atoms with Gasteiger partial charge >= 0.3 is 0 Å². The molecule has 2 aromatic rings. The first kappa shape index (κ1) is 13.4. The van der Waals surface area contributed by atoms with Crippen LogP contribution in [0.5, 0.6) is 5.75 Å². The molecular weight excluding hydrogens is 240 g/mol. The largest absolute Gasteiger partial charge is 0.497 e. The van der Waals surface area contributed by atoms with E-state index in [9.17, 15) is 0 Å². The number of anilines is 2. The number of benzene rings is 1. The number of aliphatic hydroxyl groups is 1. The van der Waals surface area contributed by atoms with E-state index >= 15 is 0 Å². The number of aryl methyl sites for hydroxylation is 1. The summed E-state index contributed by atoms with van der Waals surface area (Å²) in [5.41, 5.74) is 2.69. The topological polar surface area (TPSA) is 45.6 Å². The molecule has 0 unspecified atom stereocenters. The minimum atomic E-state index is 0.0159. The van der Waals surface area contributed by atoms with Crippen LogP contribution in [0.2, 0.25) is 0 Å². The number of ether oxygens (including phenoxy) is 1. The first-order valence-corrected chi connectivity index (χ1v) is 6.11. The van der Waals surface area contributed by atoms with Crippen molar-refractivity contribution in [3.63, 3.8) is 0 Å². The average molecular weight is 258 g/mol. The highest BCUT2D eigenvalue weighted by Gasteiger charge is 2.08. The molecule has 4 nitrogen and oxygen atoms in total. The van der Waals surface area contributed by atoms with Crippen LogP contribution in [-0.4, -0.2) is 24.2 Å². The zero-order valence-electron chi connectivity index (χ0n) is 11.4.